The first kappa shape index (κ1) is 25.8. The predicted octanol–water partition coefficient (Wildman–Crippen LogP) is 4.35. The van der Waals surface area contributed by atoms with Crippen molar-refractivity contribution in [3.63, 3.8) is 0 Å². The molecule has 0 aliphatic carbocycles. The van der Waals surface area contributed by atoms with Crippen LogP contribution in [0, 0.1) is 0 Å². The van der Waals surface area contributed by atoms with Gasteiger partial charge in [-0.05, 0) is 52.2 Å². The number of hydrogen-bond donors (Lipinski definition) is 2. The number of carbonyl (C=O) groups excluding carboxylic acids is 3. The Balaban J connectivity index is 1.29. The van der Waals surface area contributed by atoms with Crippen LogP contribution in [0.5, 0.6) is 11.5 Å². The van der Waals surface area contributed by atoms with Crippen LogP contribution in [0.15, 0.2) is 102 Å². The second-order valence-corrected chi connectivity index (χ2v) is 8.08. The van der Waals surface area contributed by atoms with Crippen LogP contribution in [0.2, 0.25) is 0 Å². The van der Waals surface area contributed by atoms with Crippen LogP contribution in [0.4, 0.5) is 0 Å². The number of methoxy groups -OCH3 is 1. The first-order valence-corrected chi connectivity index (χ1v) is 11.7. The Hall–Kier alpha value is -5.24. The Bertz CT molecular complexity index is 1510. The van der Waals surface area contributed by atoms with Crippen molar-refractivity contribution in [2.75, 3.05) is 13.7 Å². The number of nitrogens with zero attached hydrogens (tertiary/aromatic N) is 1. The Morgan fingerprint density at radius 3 is 2.42 bits per heavy atom. The number of rotatable bonds is 9. The highest BCUT2D eigenvalue weighted by molar-refractivity contribution is 6.07. The number of benzene rings is 4. The van der Waals surface area contributed by atoms with E-state index in [1.54, 1.807) is 36.4 Å². The molecule has 38 heavy (non-hydrogen) atoms. The summed E-state index contributed by atoms with van der Waals surface area (Å²) >= 11 is 0. The van der Waals surface area contributed by atoms with Crippen LogP contribution in [0.1, 0.15) is 21.5 Å². The highest BCUT2D eigenvalue weighted by Crippen LogP contribution is 2.28. The zero-order valence-electron chi connectivity index (χ0n) is 20.6. The summed E-state index contributed by atoms with van der Waals surface area (Å²) in [5.41, 5.74) is 4.33. The molecule has 2 amide bonds. The summed E-state index contributed by atoms with van der Waals surface area (Å²) < 4.78 is 10.7. The van der Waals surface area contributed by atoms with Gasteiger partial charge in [-0.1, -0.05) is 66.7 Å². The van der Waals surface area contributed by atoms with Crippen molar-refractivity contribution < 1.29 is 23.9 Å². The molecule has 0 radical (unpaired) electrons. The Labute approximate surface area is 219 Å². The third kappa shape index (κ3) is 6.92. The second kappa shape index (κ2) is 12.6. The molecule has 4 aromatic rings. The minimum Gasteiger partial charge on any atom is -0.493 e. The number of hydrogen-bond acceptors (Lipinski definition) is 6. The maximum atomic E-state index is 12.6. The molecule has 8 nitrogen and oxygen atoms in total. The number of fused-ring (bicyclic) bond motifs is 1. The van der Waals surface area contributed by atoms with E-state index in [1.807, 2.05) is 60.7 Å². The fourth-order valence-corrected chi connectivity index (χ4v) is 3.62. The topological polar surface area (TPSA) is 106 Å². The SMILES string of the molecule is COc1cc(/C=N/NC(=O)CNC(=O)c2cccc3ccccc23)ccc1OC(=O)/C=C/c1ccccc1. The summed E-state index contributed by atoms with van der Waals surface area (Å²) in [6.07, 6.45) is 4.40. The van der Waals surface area contributed by atoms with Gasteiger partial charge < -0.3 is 14.8 Å². The third-order valence-electron chi connectivity index (χ3n) is 5.46. The predicted molar refractivity (Wildman–Crippen MR) is 146 cm³/mol. The van der Waals surface area contributed by atoms with Crippen LogP contribution in [-0.4, -0.2) is 37.7 Å². The molecule has 0 aliphatic rings. The highest BCUT2D eigenvalue weighted by atomic mass is 16.6. The average Bonchev–Trinajstić information content (AvgIpc) is 2.95. The van der Waals surface area contributed by atoms with Crippen molar-refractivity contribution in [3.8, 4) is 11.5 Å². The lowest BCUT2D eigenvalue weighted by Gasteiger charge is -2.09. The smallest absolute Gasteiger partial charge is 0.336 e. The lowest BCUT2D eigenvalue weighted by atomic mass is 10.0. The van der Waals surface area contributed by atoms with Crippen LogP contribution < -0.4 is 20.2 Å². The van der Waals surface area contributed by atoms with Crippen molar-refractivity contribution in [2.45, 2.75) is 0 Å². The maximum Gasteiger partial charge on any atom is 0.336 e. The number of hydrazone groups is 1. The van der Waals surface area contributed by atoms with Gasteiger partial charge in [0.2, 0.25) is 0 Å². The molecule has 0 atom stereocenters. The average molecular weight is 508 g/mol. The molecule has 0 bridgehead atoms. The zero-order chi connectivity index (χ0) is 26.7. The number of esters is 1. The van der Waals surface area contributed by atoms with E-state index in [4.69, 9.17) is 9.47 Å². The van der Waals surface area contributed by atoms with Gasteiger partial charge in [0.25, 0.3) is 11.8 Å². The number of ether oxygens (including phenoxy) is 2. The summed E-state index contributed by atoms with van der Waals surface area (Å²) in [4.78, 5) is 36.9. The summed E-state index contributed by atoms with van der Waals surface area (Å²) in [5.74, 6) is -0.824. The van der Waals surface area contributed by atoms with Gasteiger partial charge in [-0.15, -0.1) is 0 Å². The summed E-state index contributed by atoms with van der Waals surface area (Å²) in [6.45, 7) is -0.242. The van der Waals surface area contributed by atoms with E-state index in [2.05, 4.69) is 15.8 Å². The number of carbonyl (C=O) groups is 3. The molecule has 0 heterocycles. The van der Waals surface area contributed by atoms with Gasteiger partial charge >= 0.3 is 5.97 Å². The molecule has 0 unspecified atom stereocenters. The van der Waals surface area contributed by atoms with E-state index >= 15 is 0 Å². The van der Waals surface area contributed by atoms with Crippen LogP contribution in [-0.2, 0) is 9.59 Å². The molecule has 0 spiro atoms. The second-order valence-electron chi connectivity index (χ2n) is 8.08. The van der Waals surface area contributed by atoms with Crippen molar-refractivity contribution in [2.24, 2.45) is 5.10 Å². The fourth-order valence-electron chi connectivity index (χ4n) is 3.62. The van der Waals surface area contributed by atoms with Gasteiger partial charge in [-0.25, -0.2) is 10.2 Å². The lowest BCUT2D eigenvalue weighted by molar-refractivity contribution is -0.129. The molecular weight excluding hydrogens is 482 g/mol. The van der Waals surface area contributed by atoms with Crippen molar-refractivity contribution in [1.29, 1.82) is 0 Å². The molecule has 0 fully saturated rings. The monoisotopic (exact) mass is 507 g/mol. The van der Waals surface area contributed by atoms with E-state index in [-0.39, 0.29) is 18.2 Å². The van der Waals surface area contributed by atoms with E-state index in [0.717, 1.165) is 16.3 Å². The van der Waals surface area contributed by atoms with Crippen molar-refractivity contribution >= 4 is 40.8 Å². The number of nitrogens with one attached hydrogen (secondary N) is 2. The zero-order valence-corrected chi connectivity index (χ0v) is 20.6. The minimum atomic E-state index is -0.550. The highest BCUT2D eigenvalue weighted by Gasteiger charge is 2.11. The van der Waals surface area contributed by atoms with Gasteiger partial charge in [0.05, 0.1) is 19.9 Å². The fraction of sp³-hybridized carbons (Fsp3) is 0.0667. The Kier molecular flexibility index (Phi) is 8.60. The van der Waals surface area contributed by atoms with Crippen molar-refractivity contribution in [1.82, 2.24) is 10.7 Å². The molecule has 0 saturated heterocycles. The largest absolute Gasteiger partial charge is 0.493 e. The minimum absolute atomic E-state index is 0.242. The molecule has 4 aromatic carbocycles. The molecule has 0 aliphatic heterocycles. The van der Waals surface area contributed by atoms with Crippen LogP contribution in [0.3, 0.4) is 0 Å². The van der Waals surface area contributed by atoms with E-state index in [9.17, 15) is 14.4 Å². The van der Waals surface area contributed by atoms with Crippen molar-refractivity contribution in [3.05, 3.63) is 114 Å². The standard InChI is InChI=1S/C30H25N3O5/c1-37-27-18-22(14-16-26(27)38-29(35)17-15-21-8-3-2-4-9-21)19-32-33-28(34)20-31-30(36)25-13-7-11-23-10-5-6-12-24(23)25/h2-19H,20H2,1H3,(H,31,36)(H,33,34)/b17-15+,32-19+. The molecule has 190 valence electrons. The molecule has 0 aromatic heterocycles. The lowest BCUT2D eigenvalue weighted by Crippen LogP contribution is -2.35. The molecule has 4 rings (SSSR count). The molecule has 0 saturated carbocycles. The Morgan fingerprint density at radius 2 is 1.61 bits per heavy atom. The van der Waals surface area contributed by atoms with Gasteiger partial charge in [0.15, 0.2) is 11.5 Å². The summed E-state index contributed by atoms with van der Waals surface area (Å²) in [5, 5.41) is 8.27. The first-order valence-electron chi connectivity index (χ1n) is 11.7. The third-order valence-corrected chi connectivity index (χ3v) is 5.46. The van der Waals surface area contributed by atoms with Gasteiger partial charge in [-0.2, -0.15) is 5.10 Å². The van der Waals surface area contributed by atoms with Crippen LogP contribution in [0.25, 0.3) is 16.8 Å². The quantitative estimate of drug-likeness (QED) is 0.115. The molecular formula is C30H25N3O5. The first-order chi connectivity index (χ1) is 18.5. The maximum absolute atomic E-state index is 12.6. The van der Waals surface area contributed by atoms with Gasteiger partial charge in [-0.3, -0.25) is 9.59 Å². The Morgan fingerprint density at radius 1 is 0.842 bits per heavy atom. The van der Waals surface area contributed by atoms with Gasteiger partial charge in [0, 0.05) is 11.6 Å². The van der Waals surface area contributed by atoms with E-state index < -0.39 is 11.9 Å². The van der Waals surface area contributed by atoms with Crippen LogP contribution >= 0.6 is 0 Å². The number of amides is 2. The molecule has 2 N–H and O–H groups in total. The van der Waals surface area contributed by atoms with E-state index in [1.165, 1.54) is 19.4 Å². The summed E-state index contributed by atoms with van der Waals surface area (Å²) in [7, 11) is 1.45. The molecule has 8 heteroatoms. The normalized spacial score (nSPS) is 11.0. The van der Waals surface area contributed by atoms with Gasteiger partial charge in [0.1, 0.15) is 0 Å². The summed E-state index contributed by atoms with van der Waals surface area (Å²) in [6, 6.07) is 27.2. The van der Waals surface area contributed by atoms with E-state index in [0.29, 0.717) is 16.9 Å².